The molecule has 1 amide bonds. The molecule has 1 heterocycles. The number of hydrogen-bond donors (Lipinski definition) is 0. The van der Waals surface area contributed by atoms with Gasteiger partial charge in [-0.05, 0) is 48.7 Å². The summed E-state index contributed by atoms with van der Waals surface area (Å²) in [6.07, 6.45) is 1.39. The number of para-hydroxylation sites is 1. The van der Waals surface area contributed by atoms with Crippen LogP contribution in [0, 0.1) is 5.41 Å². The highest BCUT2D eigenvalue weighted by atomic mass is 35.5. The van der Waals surface area contributed by atoms with Crippen molar-refractivity contribution in [3.63, 3.8) is 0 Å². The number of ether oxygens (including phenoxy) is 1. The number of rotatable bonds is 9. The van der Waals surface area contributed by atoms with Gasteiger partial charge in [-0.25, -0.2) is 8.42 Å². The van der Waals surface area contributed by atoms with Gasteiger partial charge in [0.25, 0.3) is 0 Å². The monoisotopic (exact) mass is 560 g/mol. The van der Waals surface area contributed by atoms with Gasteiger partial charge in [0.05, 0.1) is 11.6 Å². The largest absolute Gasteiger partial charge is 0.493 e. The van der Waals surface area contributed by atoms with Crippen LogP contribution < -0.4 is 4.74 Å². The Bertz CT molecular complexity index is 1320. The van der Waals surface area contributed by atoms with Crippen LogP contribution in [0.15, 0.2) is 83.8 Å². The molecular formula is C28H30Cl2N2O4S. The zero-order valence-electron chi connectivity index (χ0n) is 20.6. The number of sulfonamides is 1. The highest BCUT2D eigenvalue weighted by Crippen LogP contribution is 2.38. The molecule has 0 aromatic heterocycles. The van der Waals surface area contributed by atoms with E-state index >= 15 is 0 Å². The molecule has 1 aliphatic rings. The van der Waals surface area contributed by atoms with E-state index in [9.17, 15) is 13.2 Å². The number of amides is 1. The SMILES string of the molecule is CN(Cc1ccccc1)C(=O)C[C@@]1(COc2ccccc2)CCCN(S(=O)(=O)c2cc(Cl)ccc2Cl)C1. The van der Waals surface area contributed by atoms with Gasteiger partial charge in [0.2, 0.25) is 15.9 Å². The Morgan fingerprint density at radius 2 is 1.70 bits per heavy atom. The van der Waals surface area contributed by atoms with E-state index in [0.29, 0.717) is 31.7 Å². The highest BCUT2D eigenvalue weighted by Gasteiger charge is 2.43. The van der Waals surface area contributed by atoms with E-state index < -0.39 is 15.4 Å². The predicted octanol–water partition coefficient (Wildman–Crippen LogP) is 5.89. The van der Waals surface area contributed by atoms with Crippen LogP contribution in [0.25, 0.3) is 0 Å². The Balaban J connectivity index is 1.59. The second kappa shape index (κ2) is 11.9. The lowest BCUT2D eigenvalue weighted by Gasteiger charge is -2.42. The Hall–Kier alpha value is -2.58. The summed E-state index contributed by atoms with van der Waals surface area (Å²) < 4.78 is 34.8. The van der Waals surface area contributed by atoms with Crippen LogP contribution in [0.1, 0.15) is 24.8 Å². The van der Waals surface area contributed by atoms with Gasteiger partial charge in [0.15, 0.2) is 0 Å². The minimum absolute atomic E-state index is 0.0334. The molecule has 196 valence electrons. The van der Waals surface area contributed by atoms with Crippen molar-refractivity contribution in [1.82, 2.24) is 9.21 Å². The predicted molar refractivity (Wildman–Crippen MR) is 146 cm³/mol. The molecule has 1 fully saturated rings. The maximum absolute atomic E-state index is 13.6. The van der Waals surface area contributed by atoms with Crippen LogP contribution in [-0.2, 0) is 21.4 Å². The van der Waals surface area contributed by atoms with E-state index in [1.807, 2.05) is 60.7 Å². The molecule has 3 aromatic carbocycles. The summed E-state index contributed by atoms with van der Waals surface area (Å²) in [6, 6.07) is 23.5. The molecular weight excluding hydrogens is 531 g/mol. The number of carbonyl (C=O) groups excluding carboxylic acids is 1. The average molecular weight is 562 g/mol. The summed E-state index contributed by atoms with van der Waals surface area (Å²) in [6.45, 7) is 1.13. The van der Waals surface area contributed by atoms with Crippen LogP contribution >= 0.6 is 23.2 Å². The summed E-state index contributed by atoms with van der Waals surface area (Å²) in [5, 5.41) is 0.399. The molecule has 1 saturated heterocycles. The molecule has 9 heteroatoms. The van der Waals surface area contributed by atoms with Gasteiger partial charge in [-0.3, -0.25) is 4.79 Å². The van der Waals surface area contributed by atoms with Crippen molar-refractivity contribution in [2.45, 2.75) is 30.7 Å². The lowest BCUT2D eigenvalue weighted by atomic mass is 9.78. The minimum atomic E-state index is -3.94. The molecule has 1 atom stereocenters. The van der Waals surface area contributed by atoms with Crippen molar-refractivity contribution in [1.29, 1.82) is 0 Å². The lowest BCUT2D eigenvalue weighted by molar-refractivity contribution is -0.134. The Morgan fingerprint density at radius 3 is 2.41 bits per heavy atom. The molecule has 1 aliphatic heterocycles. The van der Waals surface area contributed by atoms with Gasteiger partial charge in [-0.15, -0.1) is 0 Å². The second-order valence-corrected chi connectivity index (χ2v) is 12.3. The van der Waals surface area contributed by atoms with Crippen molar-refractivity contribution >= 4 is 39.1 Å². The first kappa shape index (κ1) is 27.5. The first-order valence-corrected chi connectivity index (χ1v) is 14.3. The second-order valence-electron chi connectivity index (χ2n) is 9.53. The molecule has 0 spiro atoms. The van der Waals surface area contributed by atoms with E-state index in [-0.39, 0.29) is 40.4 Å². The van der Waals surface area contributed by atoms with Crippen molar-refractivity contribution in [3.05, 3.63) is 94.5 Å². The van der Waals surface area contributed by atoms with E-state index in [1.165, 1.54) is 16.4 Å². The van der Waals surface area contributed by atoms with Gasteiger partial charge in [-0.2, -0.15) is 4.31 Å². The van der Waals surface area contributed by atoms with Crippen LogP contribution in [0.3, 0.4) is 0 Å². The van der Waals surface area contributed by atoms with Gasteiger partial charge in [0, 0.05) is 43.5 Å². The molecule has 0 N–H and O–H groups in total. The van der Waals surface area contributed by atoms with Crippen LogP contribution in [0.4, 0.5) is 0 Å². The third kappa shape index (κ3) is 6.85. The Morgan fingerprint density at radius 1 is 1.03 bits per heavy atom. The number of piperidine rings is 1. The molecule has 4 rings (SSSR count). The van der Waals surface area contributed by atoms with Crippen LogP contribution in [-0.4, -0.2) is 50.3 Å². The maximum atomic E-state index is 13.6. The number of halogens is 2. The summed E-state index contributed by atoms with van der Waals surface area (Å²) >= 11 is 12.4. The molecule has 0 unspecified atom stereocenters. The quantitative estimate of drug-likeness (QED) is 0.327. The normalized spacial score (nSPS) is 18.4. The van der Waals surface area contributed by atoms with Crippen LogP contribution in [0.5, 0.6) is 5.75 Å². The van der Waals surface area contributed by atoms with Gasteiger partial charge in [0.1, 0.15) is 10.6 Å². The average Bonchev–Trinajstić information content (AvgIpc) is 2.90. The first-order chi connectivity index (χ1) is 17.7. The van der Waals surface area contributed by atoms with Gasteiger partial charge < -0.3 is 9.64 Å². The van der Waals surface area contributed by atoms with E-state index in [4.69, 9.17) is 27.9 Å². The zero-order chi connectivity index (χ0) is 26.5. The molecule has 0 aliphatic carbocycles. The zero-order valence-corrected chi connectivity index (χ0v) is 23.0. The highest BCUT2D eigenvalue weighted by molar-refractivity contribution is 7.89. The van der Waals surface area contributed by atoms with Gasteiger partial charge in [-0.1, -0.05) is 71.7 Å². The molecule has 0 bridgehead atoms. The van der Waals surface area contributed by atoms with Gasteiger partial charge >= 0.3 is 0 Å². The summed E-state index contributed by atoms with van der Waals surface area (Å²) in [5.41, 5.74) is 0.310. The molecule has 6 nitrogen and oxygen atoms in total. The van der Waals surface area contributed by atoms with Crippen molar-refractivity contribution in [2.75, 3.05) is 26.7 Å². The van der Waals surface area contributed by atoms with E-state index in [2.05, 4.69) is 0 Å². The number of nitrogens with zero attached hydrogens (tertiary/aromatic N) is 2. The van der Waals surface area contributed by atoms with Crippen LogP contribution in [0.2, 0.25) is 10.0 Å². The first-order valence-electron chi connectivity index (χ1n) is 12.1. The summed E-state index contributed by atoms with van der Waals surface area (Å²) in [4.78, 5) is 15.1. The Labute approximate surface area is 228 Å². The molecule has 3 aromatic rings. The Kier molecular flexibility index (Phi) is 8.80. The third-order valence-electron chi connectivity index (χ3n) is 6.64. The van der Waals surface area contributed by atoms with Crippen molar-refractivity contribution in [3.8, 4) is 5.75 Å². The van der Waals surface area contributed by atoms with Crippen molar-refractivity contribution < 1.29 is 17.9 Å². The fourth-order valence-electron chi connectivity index (χ4n) is 4.65. The molecule has 0 saturated carbocycles. The number of carbonyl (C=O) groups is 1. The fraction of sp³-hybridized carbons (Fsp3) is 0.321. The maximum Gasteiger partial charge on any atom is 0.244 e. The smallest absolute Gasteiger partial charge is 0.244 e. The fourth-order valence-corrected chi connectivity index (χ4v) is 6.98. The van der Waals surface area contributed by atoms with Crippen molar-refractivity contribution in [2.24, 2.45) is 5.41 Å². The lowest BCUT2D eigenvalue weighted by Crippen LogP contribution is -2.50. The van der Waals surface area contributed by atoms with E-state index in [1.54, 1.807) is 18.0 Å². The summed E-state index contributed by atoms with van der Waals surface area (Å²) in [7, 11) is -2.17. The number of hydrogen-bond acceptors (Lipinski definition) is 4. The molecule has 0 radical (unpaired) electrons. The third-order valence-corrected chi connectivity index (χ3v) is 9.20. The number of benzene rings is 3. The topological polar surface area (TPSA) is 66.9 Å². The standard InChI is InChI=1S/C28H30Cl2N2O4S/c1-31(19-22-9-4-2-5-10-22)27(33)18-28(21-36-24-11-6-3-7-12-24)15-8-16-32(20-28)37(34,35)26-17-23(29)13-14-25(26)30/h2-7,9-14,17H,8,15-16,18-21H2,1H3/t28-/m0/s1. The van der Waals surface area contributed by atoms with E-state index in [0.717, 1.165) is 5.56 Å². The minimum Gasteiger partial charge on any atom is -0.493 e. The molecule has 37 heavy (non-hydrogen) atoms. The summed E-state index contributed by atoms with van der Waals surface area (Å²) in [5.74, 6) is 0.602.